The van der Waals surface area contributed by atoms with Crippen molar-refractivity contribution in [2.24, 2.45) is 11.3 Å². The summed E-state index contributed by atoms with van der Waals surface area (Å²) >= 11 is 0. The average molecular weight is 561 g/mol. The second-order valence-corrected chi connectivity index (χ2v) is 12.8. The van der Waals surface area contributed by atoms with E-state index < -0.39 is 6.04 Å². The molecule has 2 amide bonds. The van der Waals surface area contributed by atoms with Crippen LogP contribution >= 0.6 is 0 Å². The molecule has 1 aromatic heterocycles. The number of hydrogen-bond donors (Lipinski definition) is 1. The van der Waals surface area contributed by atoms with Crippen molar-refractivity contribution in [1.29, 1.82) is 0 Å². The summed E-state index contributed by atoms with van der Waals surface area (Å²) in [4.78, 5) is 56.5. The lowest BCUT2D eigenvalue weighted by atomic mass is 9.95. The molecule has 1 aromatic carbocycles. The highest BCUT2D eigenvalue weighted by molar-refractivity contribution is 6.09. The Bertz CT molecular complexity index is 1410. The molecule has 2 aromatic rings. The van der Waals surface area contributed by atoms with Gasteiger partial charge in [-0.3, -0.25) is 19.2 Å². The molecule has 41 heavy (non-hydrogen) atoms. The summed E-state index contributed by atoms with van der Waals surface area (Å²) in [5.41, 5.74) is 3.27. The number of hydrogen-bond acceptors (Lipinski definition) is 5. The smallest absolute Gasteiger partial charge is 0.243 e. The molecule has 2 bridgehead atoms. The Labute approximate surface area is 243 Å². The Morgan fingerprint density at radius 1 is 1.12 bits per heavy atom. The third-order valence-corrected chi connectivity index (χ3v) is 9.12. The van der Waals surface area contributed by atoms with Gasteiger partial charge in [-0.15, -0.1) is 0 Å². The normalized spacial score (nSPS) is 25.8. The molecule has 3 heterocycles. The zero-order valence-electron chi connectivity index (χ0n) is 25.2. The van der Waals surface area contributed by atoms with E-state index in [4.69, 9.17) is 0 Å². The largest absolute Gasteiger partial charge is 0.385 e. The predicted octanol–water partition coefficient (Wildman–Crippen LogP) is 4.99. The monoisotopic (exact) mass is 560 g/mol. The molecule has 8 heteroatoms. The highest BCUT2D eigenvalue weighted by Gasteiger charge is 2.67. The lowest BCUT2D eigenvalue weighted by Crippen LogP contribution is -2.44. The van der Waals surface area contributed by atoms with E-state index in [2.05, 4.69) is 37.4 Å². The molecule has 3 atom stereocenters. The first kappa shape index (κ1) is 29.1. The van der Waals surface area contributed by atoms with Gasteiger partial charge in [-0.05, 0) is 62.6 Å². The number of ketones is 2. The van der Waals surface area contributed by atoms with E-state index in [0.29, 0.717) is 43.7 Å². The highest BCUT2D eigenvalue weighted by atomic mass is 16.2. The molecule has 8 nitrogen and oxygen atoms in total. The minimum atomic E-state index is -0.461. The molecule has 0 unspecified atom stereocenters. The van der Waals surface area contributed by atoms with Crippen molar-refractivity contribution in [2.45, 2.75) is 91.3 Å². The number of nitrogens with zero attached hydrogens (tertiary/aromatic N) is 3. The van der Waals surface area contributed by atoms with E-state index in [-0.39, 0.29) is 41.4 Å². The van der Waals surface area contributed by atoms with Crippen molar-refractivity contribution >= 4 is 40.0 Å². The van der Waals surface area contributed by atoms with Gasteiger partial charge in [-0.1, -0.05) is 32.9 Å². The highest BCUT2D eigenvalue weighted by Crippen LogP contribution is 2.60. The Hall–Kier alpha value is -3.42. The van der Waals surface area contributed by atoms with Gasteiger partial charge in [0.2, 0.25) is 11.8 Å². The summed E-state index contributed by atoms with van der Waals surface area (Å²) in [5, 5.41) is 4.36. The molecule has 5 rings (SSSR count). The van der Waals surface area contributed by atoms with Gasteiger partial charge in [0.15, 0.2) is 11.6 Å². The Balaban J connectivity index is 1.59. The molecule has 1 saturated heterocycles. The van der Waals surface area contributed by atoms with Crippen molar-refractivity contribution in [3.8, 4) is 0 Å². The predicted molar refractivity (Wildman–Crippen MR) is 161 cm³/mol. The molecule has 1 N–H and O–H groups in total. The summed E-state index contributed by atoms with van der Waals surface area (Å²) in [7, 11) is 1.85. The number of aromatic nitrogens is 1. The molecule has 220 valence electrons. The molecule has 0 radical (unpaired) electrons. The first-order chi connectivity index (χ1) is 19.5. The first-order valence-electron chi connectivity index (χ1n) is 15.2. The summed E-state index contributed by atoms with van der Waals surface area (Å²) in [6.07, 6.45) is 10.6. The van der Waals surface area contributed by atoms with Crippen LogP contribution in [0.25, 0.3) is 10.9 Å². The maximum absolute atomic E-state index is 14.1. The maximum Gasteiger partial charge on any atom is 0.243 e. The van der Waals surface area contributed by atoms with E-state index >= 15 is 0 Å². The van der Waals surface area contributed by atoms with Gasteiger partial charge < -0.3 is 19.7 Å². The van der Waals surface area contributed by atoms with Crippen LogP contribution in [0.5, 0.6) is 0 Å². The molecule has 2 aliphatic heterocycles. The summed E-state index contributed by atoms with van der Waals surface area (Å²) in [5.74, 6) is 0.502. The van der Waals surface area contributed by atoms with Gasteiger partial charge in [0, 0.05) is 67.3 Å². The number of rotatable bonds is 6. The molecular formula is C33H44N4O4. The minimum absolute atomic E-state index is 0.0384. The van der Waals surface area contributed by atoms with E-state index in [0.717, 1.165) is 48.0 Å². The van der Waals surface area contributed by atoms with Crippen LogP contribution in [0.2, 0.25) is 0 Å². The standard InChI is InChI=1S/C33H44N4O4/c1-6-28(39)27-15-33-16-29(33)37(27)31(41)19-36-18-26(22(4)38)25-14-24(34-17-21(2)3)13-23(32(25)36)11-9-7-8-10-12-30(40)35(5)20-33/h7,9,13-14,18,21,27,29,34H,6,8,10-12,15-17,19-20H2,1-5H3/b9-7+/t27-,29+,33-/m0/s1. The summed E-state index contributed by atoms with van der Waals surface area (Å²) in [6.45, 7) is 9.17. The van der Waals surface area contributed by atoms with Crippen molar-refractivity contribution in [1.82, 2.24) is 14.4 Å². The fraction of sp³-hybridized carbons (Fsp3) is 0.576. The Morgan fingerprint density at radius 3 is 2.61 bits per heavy atom. The van der Waals surface area contributed by atoms with E-state index in [9.17, 15) is 19.2 Å². The van der Waals surface area contributed by atoms with Gasteiger partial charge in [-0.25, -0.2) is 0 Å². The fourth-order valence-electron chi connectivity index (χ4n) is 6.92. The van der Waals surface area contributed by atoms with E-state index in [1.165, 1.54) is 0 Å². The zero-order valence-corrected chi connectivity index (χ0v) is 25.2. The van der Waals surface area contributed by atoms with Crippen LogP contribution in [-0.2, 0) is 27.3 Å². The van der Waals surface area contributed by atoms with Crippen LogP contribution in [-0.4, -0.2) is 70.0 Å². The van der Waals surface area contributed by atoms with Crippen molar-refractivity contribution in [3.05, 3.63) is 41.6 Å². The number of carbonyl (C=O) groups is 4. The van der Waals surface area contributed by atoms with Crippen LogP contribution < -0.4 is 5.32 Å². The van der Waals surface area contributed by atoms with Crippen molar-refractivity contribution in [2.75, 3.05) is 25.5 Å². The third kappa shape index (κ3) is 5.70. The average Bonchev–Trinajstić information content (AvgIpc) is 3.32. The second-order valence-electron chi connectivity index (χ2n) is 12.8. The summed E-state index contributed by atoms with van der Waals surface area (Å²) < 4.78 is 1.92. The number of Topliss-reactive ketones (excluding diaryl/α,β-unsaturated/α-hetero) is 2. The number of benzene rings is 1. The van der Waals surface area contributed by atoms with Crippen LogP contribution in [0, 0.1) is 11.3 Å². The quantitative estimate of drug-likeness (QED) is 0.397. The minimum Gasteiger partial charge on any atom is -0.385 e. The Kier molecular flexibility index (Phi) is 8.13. The summed E-state index contributed by atoms with van der Waals surface area (Å²) in [6, 6.07) is 3.65. The van der Waals surface area contributed by atoms with Crippen LogP contribution in [0.1, 0.15) is 82.1 Å². The number of piperidine rings is 1. The molecule has 2 fully saturated rings. The van der Waals surface area contributed by atoms with Gasteiger partial charge in [0.1, 0.15) is 6.54 Å². The number of carbonyl (C=O) groups excluding carboxylic acids is 4. The molecular weight excluding hydrogens is 516 g/mol. The molecule has 0 spiro atoms. The topological polar surface area (TPSA) is 91.7 Å². The molecule has 3 aliphatic rings. The van der Waals surface area contributed by atoms with Gasteiger partial charge in [0.25, 0.3) is 0 Å². The van der Waals surface area contributed by atoms with Gasteiger partial charge >= 0.3 is 0 Å². The number of anilines is 1. The number of nitrogens with one attached hydrogen (secondary N) is 1. The van der Waals surface area contributed by atoms with Crippen LogP contribution in [0.3, 0.4) is 0 Å². The number of amides is 2. The zero-order chi connectivity index (χ0) is 29.5. The third-order valence-electron chi connectivity index (χ3n) is 9.12. The van der Waals surface area contributed by atoms with Gasteiger partial charge in [-0.2, -0.15) is 0 Å². The van der Waals surface area contributed by atoms with Crippen molar-refractivity contribution < 1.29 is 19.2 Å². The first-order valence-corrected chi connectivity index (χ1v) is 15.2. The number of allylic oxidation sites excluding steroid dienone is 2. The van der Waals surface area contributed by atoms with Gasteiger partial charge in [0.05, 0.1) is 11.6 Å². The Morgan fingerprint density at radius 2 is 1.90 bits per heavy atom. The molecule has 1 aliphatic carbocycles. The van der Waals surface area contributed by atoms with E-state index in [1.54, 1.807) is 11.8 Å². The van der Waals surface area contributed by atoms with Crippen LogP contribution in [0.15, 0.2) is 30.5 Å². The van der Waals surface area contributed by atoms with Crippen molar-refractivity contribution in [3.63, 3.8) is 0 Å². The fourth-order valence-corrected chi connectivity index (χ4v) is 6.92. The lowest BCUT2D eigenvalue weighted by Gasteiger charge is -2.27. The van der Waals surface area contributed by atoms with E-state index in [1.807, 2.05) is 35.7 Å². The van der Waals surface area contributed by atoms with Crippen LogP contribution in [0.4, 0.5) is 5.69 Å². The SMILES string of the molecule is CCC(=O)[C@@H]1C[C@@]23C[C@H]2N1C(=O)Cn1cc(C(C)=O)c2cc(NCC(C)C)cc(c21)C/C=C/CCCC(=O)N(C)C3. The molecule has 1 saturated carbocycles. The maximum atomic E-state index is 14.1. The second kappa shape index (κ2) is 11.5. The lowest BCUT2D eigenvalue weighted by molar-refractivity contribution is -0.139.